The Balaban J connectivity index is 0.00000341. The molecule has 1 atom stereocenters. The van der Waals surface area contributed by atoms with E-state index in [1.807, 2.05) is 42.5 Å². The molecule has 5 nitrogen and oxygen atoms in total. The van der Waals surface area contributed by atoms with Crippen LogP contribution in [0.1, 0.15) is 70.3 Å². The maximum atomic E-state index is 12.2. The van der Waals surface area contributed by atoms with E-state index in [0.717, 1.165) is 34.8 Å². The molecule has 0 aliphatic carbocycles. The summed E-state index contributed by atoms with van der Waals surface area (Å²) >= 11 is 0. The molecule has 1 heterocycles. The zero-order valence-electron chi connectivity index (χ0n) is 18.9. The van der Waals surface area contributed by atoms with Gasteiger partial charge in [-0.15, -0.1) is 0 Å². The van der Waals surface area contributed by atoms with Gasteiger partial charge in [-0.05, 0) is 30.5 Å². The molecule has 0 saturated carbocycles. The second-order valence-corrected chi connectivity index (χ2v) is 9.35. The molecule has 164 valence electrons. The van der Waals surface area contributed by atoms with Crippen LogP contribution in [-0.4, -0.2) is 19.1 Å². The van der Waals surface area contributed by atoms with Gasteiger partial charge in [0.05, 0.1) is 11.4 Å². The molecule has 1 aliphatic rings. The van der Waals surface area contributed by atoms with Gasteiger partial charge in [0.15, 0.2) is 10.3 Å². The summed E-state index contributed by atoms with van der Waals surface area (Å²) in [7, 11) is -4.61. The van der Waals surface area contributed by atoms with E-state index in [-0.39, 0.29) is 51.4 Å². The van der Waals surface area contributed by atoms with E-state index < -0.39 is 16.5 Å². The van der Waals surface area contributed by atoms with Gasteiger partial charge in [0.25, 0.3) is 0 Å². The quantitative estimate of drug-likeness (QED) is 0.273. The third-order valence-corrected chi connectivity index (χ3v) is 6.73. The Labute approximate surface area is 230 Å². The second kappa shape index (κ2) is 13.3. The van der Waals surface area contributed by atoms with Crippen molar-refractivity contribution in [2.24, 2.45) is 0 Å². The molecule has 1 aliphatic heterocycles. The summed E-state index contributed by atoms with van der Waals surface area (Å²) < 4.78 is 37.6. The van der Waals surface area contributed by atoms with Gasteiger partial charge < -0.3 is 9.45 Å². The molecule has 2 aromatic rings. The van der Waals surface area contributed by atoms with E-state index in [2.05, 4.69) is 11.8 Å². The number of anilines is 2. The Bertz CT molecular complexity index is 893. The number of rotatable bonds is 12. The standard InChI is InChI=1S/C24H34N2O3S.K/c1-2-3-4-5-6-7-8-12-19-24-25(20-21-15-10-9-11-16-21)22-17-13-14-18-23(22)26(24)30(27,28)29;/h9-11,13-18,24H,2-8,12,19-20H2,1H3,(H,27,28,29);/q;+1/p-1. The predicted octanol–water partition coefficient (Wildman–Crippen LogP) is 2.83. The van der Waals surface area contributed by atoms with E-state index in [9.17, 15) is 13.0 Å². The summed E-state index contributed by atoms with van der Waals surface area (Å²) in [6.45, 7) is 2.79. The minimum absolute atomic E-state index is 0. The predicted molar refractivity (Wildman–Crippen MR) is 122 cm³/mol. The molecule has 31 heavy (non-hydrogen) atoms. The smallest absolute Gasteiger partial charge is 0.731 e. The third kappa shape index (κ3) is 7.56. The van der Waals surface area contributed by atoms with Crippen LogP contribution in [0.5, 0.6) is 0 Å². The normalized spacial score (nSPS) is 15.6. The minimum atomic E-state index is -4.61. The van der Waals surface area contributed by atoms with Gasteiger partial charge in [0.2, 0.25) is 0 Å². The Hall–Kier alpha value is -0.414. The fraction of sp³-hybridized carbons (Fsp3) is 0.500. The van der Waals surface area contributed by atoms with Crippen LogP contribution in [0.15, 0.2) is 54.6 Å². The van der Waals surface area contributed by atoms with Crippen molar-refractivity contribution in [3.63, 3.8) is 0 Å². The van der Waals surface area contributed by atoms with Gasteiger partial charge in [-0.25, -0.2) is 8.42 Å². The molecule has 2 aromatic carbocycles. The van der Waals surface area contributed by atoms with Crippen LogP contribution in [0.4, 0.5) is 11.4 Å². The van der Waals surface area contributed by atoms with E-state index in [4.69, 9.17) is 0 Å². The van der Waals surface area contributed by atoms with Crippen molar-refractivity contribution in [1.29, 1.82) is 0 Å². The zero-order chi connectivity index (χ0) is 21.4. The molecular formula is C24H33KN2O3S. The minimum Gasteiger partial charge on any atom is -0.731 e. The molecule has 0 radical (unpaired) electrons. The molecule has 0 spiro atoms. The number of benzene rings is 2. The van der Waals surface area contributed by atoms with Crippen molar-refractivity contribution in [2.75, 3.05) is 9.21 Å². The first-order valence-corrected chi connectivity index (χ1v) is 12.5. The van der Waals surface area contributed by atoms with Crippen LogP contribution in [0.2, 0.25) is 0 Å². The fourth-order valence-electron chi connectivity index (χ4n) is 4.32. The molecule has 7 heteroatoms. The second-order valence-electron chi connectivity index (χ2n) is 8.10. The molecule has 0 fully saturated rings. The SMILES string of the molecule is CCCCCCCCCCC1N(Cc2ccccc2)c2ccccc2N1S(=O)(=O)[O-].[K+]. The van der Waals surface area contributed by atoms with E-state index in [1.165, 1.54) is 32.1 Å². The Morgan fingerprint density at radius 2 is 1.35 bits per heavy atom. The van der Waals surface area contributed by atoms with E-state index in [0.29, 0.717) is 18.7 Å². The molecule has 3 rings (SSSR count). The largest absolute Gasteiger partial charge is 1.00 e. The summed E-state index contributed by atoms with van der Waals surface area (Å²) in [5.41, 5.74) is 2.40. The van der Waals surface area contributed by atoms with E-state index in [1.54, 1.807) is 12.1 Å². The van der Waals surface area contributed by atoms with Crippen molar-refractivity contribution >= 4 is 21.7 Å². The van der Waals surface area contributed by atoms with Crippen molar-refractivity contribution in [2.45, 2.75) is 77.4 Å². The average Bonchev–Trinajstić information content (AvgIpc) is 3.04. The summed E-state index contributed by atoms with van der Waals surface area (Å²) in [6.07, 6.45) is 9.64. The van der Waals surface area contributed by atoms with Gasteiger partial charge in [-0.2, -0.15) is 0 Å². The number of fused-ring (bicyclic) bond motifs is 1. The maximum Gasteiger partial charge on any atom is 1.00 e. The Morgan fingerprint density at radius 1 is 0.806 bits per heavy atom. The van der Waals surface area contributed by atoms with Crippen LogP contribution in [0.25, 0.3) is 0 Å². The fourth-order valence-corrected chi connectivity index (χ4v) is 5.23. The van der Waals surface area contributed by atoms with Crippen LogP contribution >= 0.6 is 0 Å². The maximum absolute atomic E-state index is 12.2. The number of hydrogen-bond acceptors (Lipinski definition) is 4. The summed E-state index contributed by atoms with van der Waals surface area (Å²) in [6, 6.07) is 17.3. The van der Waals surface area contributed by atoms with E-state index >= 15 is 0 Å². The molecular weight excluding hydrogens is 435 g/mol. The number of para-hydroxylation sites is 2. The van der Waals surface area contributed by atoms with Crippen LogP contribution < -0.4 is 60.6 Å². The summed E-state index contributed by atoms with van der Waals surface area (Å²) in [5.74, 6) is 0. The molecule has 0 N–H and O–H groups in total. The van der Waals surface area contributed by atoms with Gasteiger partial charge in [-0.3, -0.25) is 4.31 Å². The van der Waals surface area contributed by atoms with Crippen LogP contribution in [0.3, 0.4) is 0 Å². The molecule has 0 saturated heterocycles. The molecule has 0 amide bonds. The zero-order valence-corrected chi connectivity index (χ0v) is 22.8. The van der Waals surface area contributed by atoms with Gasteiger partial charge in [0, 0.05) is 6.54 Å². The molecule has 1 unspecified atom stereocenters. The Morgan fingerprint density at radius 3 is 1.97 bits per heavy atom. The first-order chi connectivity index (χ1) is 14.5. The van der Waals surface area contributed by atoms with Crippen molar-refractivity contribution in [3.05, 3.63) is 60.2 Å². The van der Waals surface area contributed by atoms with Crippen molar-refractivity contribution < 1.29 is 64.4 Å². The summed E-state index contributed by atoms with van der Waals surface area (Å²) in [5, 5.41) is 0. The van der Waals surface area contributed by atoms with Crippen LogP contribution in [-0.2, 0) is 16.8 Å². The van der Waals surface area contributed by atoms with Crippen LogP contribution in [0, 0.1) is 0 Å². The third-order valence-electron chi connectivity index (χ3n) is 5.81. The average molecular weight is 469 g/mol. The van der Waals surface area contributed by atoms with Gasteiger partial charge >= 0.3 is 51.4 Å². The molecule has 0 aromatic heterocycles. The topological polar surface area (TPSA) is 63.7 Å². The van der Waals surface area contributed by atoms with Crippen molar-refractivity contribution in [3.8, 4) is 0 Å². The van der Waals surface area contributed by atoms with Crippen molar-refractivity contribution in [1.82, 2.24) is 0 Å². The van der Waals surface area contributed by atoms with Gasteiger partial charge in [0.1, 0.15) is 6.17 Å². The van der Waals surface area contributed by atoms with Gasteiger partial charge in [-0.1, -0.05) is 94.3 Å². The number of unbranched alkanes of at least 4 members (excludes halogenated alkanes) is 7. The summed E-state index contributed by atoms with van der Waals surface area (Å²) in [4.78, 5) is 2.07. The monoisotopic (exact) mass is 468 g/mol. The number of nitrogens with zero attached hydrogens (tertiary/aromatic N) is 2. The first-order valence-electron chi connectivity index (χ1n) is 11.2. The first kappa shape index (κ1) is 26.8. The number of hydrogen-bond donors (Lipinski definition) is 0. The Kier molecular flexibility index (Phi) is 11.5. The molecule has 0 bridgehead atoms.